The summed E-state index contributed by atoms with van der Waals surface area (Å²) in [6.07, 6.45) is 10.0. The summed E-state index contributed by atoms with van der Waals surface area (Å²) in [6.45, 7) is 4.89. The first-order chi connectivity index (χ1) is 18.7. The minimum Gasteiger partial charge on any atom is -0.441 e. The molecule has 2 aliphatic rings. The molecule has 1 saturated carbocycles. The minimum absolute atomic E-state index is 0. The van der Waals surface area contributed by atoms with Crippen LogP contribution in [0.2, 0.25) is 0 Å². The van der Waals surface area contributed by atoms with E-state index in [-0.39, 0.29) is 24.4 Å². The third-order valence-corrected chi connectivity index (χ3v) is 8.34. The number of nitrogens with zero attached hydrogens (tertiary/aromatic N) is 2. The summed E-state index contributed by atoms with van der Waals surface area (Å²) >= 11 is 0. The number of aryl methyl sites for hydroxylation is 1. The van der Waals surface area contributed by atoms with E-state index in [1.54, 1.807) is 12.3 Å². The van der Waals surface area contributed by atoms with Gasteiger partial charge in [-0.2, -0.15) is 8.42 Å². The molecule has 0 radical (unpaired) electrons. The van der Waals surface area contributed by atoms with Crippen LogP contribution in [0.25, 0.3) is 11.5 Å². The van der Waals surface area contributed by atoms with Crippen LogP contribution in [-0.4, -0.2) is 56.1 Å². The van der Waals surface area contributed by atoms with Crippen LogP contribution < -0.4 is 9.50 Å². The first kappa shape index (κ1) is 30.1. The molecule has 216 valence electrons. The zero-order chi connectivity index (χ0) is 27.4. The molecule has 1 aliphatic heterocycles. The Bertz CT molecular complexity index is 1420. The van der Waals surface area contributed by atoms with Gasteiger partial charge in [-0.05, 0) is 106 Å². The number of benzene rings is 2. The summed E-state index contributed by atoms with van der Waals surface area (Å²) in [5.41, 5.74) is 3.88. The lowest BCUT2D eigenvalue weighted by Crippen LogP contribution is -2.38. The maximum absolute atomic E-state index is 12.9. The van der Waals surface area contributed by atoms with Crippen LogP contribution in [-0.2, 0) is 23.0 Å². The number of amides is 1. The molecule has 10 heteroatoms. The van der Waals surface area contributed by atoms with E-state index < -0.39 is 10.1 Å². The number of oxazole rings is 1. The van der Waals surface area contributed by atoms with E-state index in [1.807, 2.05) is 43.3 Å². The Hall–Kier alpha value is -2.88. The van der Waals surface area contributed by atoms with Crippen LogP contribution in [0.3, 0.4) is 0 Å². The Labute approximate surface area is 243 Å². The van der Waals surface area contributed by atoms with Crippen molar-refractivity contribution in [2.45, 2.75) is 57.9 Å². The fourth-order valence-corrected chi connectivity index (χ4v) is 6.16. The van der Waals surface area contributed by atoms with Gasteiger partial charge in [-0.15, -0.1) is 12.4 Å². The lowest BCUT2D eigenvalue weighted by molar-refractivity contribution is 0.0920. The van der Waals surface area contributed by atoms with Crippen LogP contribution in [0.4, 0.5) is 0 Å². The van der Waals surface area contributed by atoms with Crippen molar-refractivity contribution in [3.63, 3.8) is 0 Å². The van der Waals surface area contributed by atoms with Gasteiger partial charge >= 0.3 is 10.1 Å². The third-order valence-electron chi connectivity index (χ3n) is 7.85. The first-order valence-corrected chi connectivity index (χ1v) is 15.6. The van der Waals surface area contributed by atoms with Gasteiger partial charge in [0, 0.05) is 30.3 Å². The van der Waals surface area contributed by atoms with Gasteiger partial charge in [0.1, 0.15) is 11.5 Å². The molecule has 0 unspecified atom stereocenters. The van der Waals surface area contributed by atoms with Crippen molar-refractivity contribution >= 4 is 28.4 Å². The Balaban J connectivity index is 0.00000370. The van der Waals surface area contributed by atoms with Crippen LogP contribution in [0.1, 0.15) is 59.3 Å². The van der Waals surface area contributed by atoms with E-state index in [1.165, 1.54) is 11.1 Å². The fourth-order valence-electron chi connectivity index (χ4n) is 5.71. The standard InChI is InChI=1S/C30H37N3O5S.ClH/c1-21-20-31-30(37-21)26-5-3-4-25(18-26)29(34)32-27-9-6-22(7-10-27)12-15-33-16-13-23-8-11-28(38-39(2,35)36)19-24(23)14-17-33;/h3-5,8,11,18-20,22,27H,6-7,9-10,12-17H2,1-2H3,(H,32,34);1H. The van der Waals surface area contributed by atoms with Crippen LogP contribution in [0.15, 0.2) is 53.1 Å². The van der Waals surface area contributed by atoms with E-state index in [4.69, 9.17) is 8.60 Å². The molecule has 8 nitrogen and oxygen atoms in total. The van der Waals surface area contributed by atoms with Crippen LogP contribution in [0, 0.1) is 12.8 Å². The number of halogens is 1. The second-order valence-electron chi connectivity index (χ2n) is 10.9. The molecule has 1 aromatic heterocycles. The zero-order valence-electron chi connectivity index (χ0n) is 23.1. The van der Waals surface area contributed by atoms with Crippen molar-refractivity contribution < 1.29 is 21.8 Å². The van der Waals surface area contributed by atoms with Gasteiger partial charge < -0.3 is 18.8 Å². The van der Waals surface area contributed by atoms with E-state index in [0.717, 1.165) is 82.2 Å². The Morgan fingerprint density at radius 2 is 1.82 bits per heavy atom. The molecule has 40 heavy (non-hydrogen) atoms. The highest BCUT2D eigenvalue weighted by Gasteiger charge is 2.24. The predicted octanol–water partition coefficient (Wildman–Crippen LogP) is 5.19. The number of rotatable bonds is 8. The zero-order valence-corrected chi connectivity index (χ0v) is 24.7. The third kappa shape index (κ3) is 8.08. The summed E-state index contributed by atoms with van der Waals surface area (Å²) in [6, 6.07) is 13.3. The van der Waals surface area contributed by atoms with E-state index in [0.29, 0.717) is 23.1 Å². The van der Waals surface area contributed by atoms with Crippen molar-refractivity contribution in [2.24, 2.45) is 5.92 Å². The maximum Gasteiger partial charge on any atom is 0.306 e. The molecule has 0 spiro atoms. The van der Waals surface area contributed by atoms with Crippen LogP contribution >= 0.6 is 12.4 Å². The molecule has 1 N–H and O–H groups in total. The summed E-state index contributed by atoms with van der Waals surface area (Å²) in [5, 5.41) is 3.23. The van der Waals surface area contributed by atoms with Gasteiger partial charge in [-0.1, -0.05) is 12.1 Å². The molecule has 2 aromatic carbocycles. The second kappa shape index (κ2) is 13.2. The number of nitrogens with one attached hydrogen (secondary N) is 1. The lowest BCUT2D eigenvalue weighted by atomic mass is 9.84. The molecular formula is C30H38ClN3O5S. The van der Waals surface area contributed by atoms with E-state index in [9.17, 15) is 13.2 Å². The minimum atomic E-state index is -3.52. The average Bonchev–Trinajstić information content (AvgIpc) is 3.24. The summed E-state index contributed by atoms with van der Waals surface area (Å²) in [7, 11) is -3.52. The lowest BCUT2D eigenvalue weighted by Gasteiger charge is -2.30. The Kier molecular flexibility index (Phi) is 9.92. The Morgan fingerprint density at radius 1 is 1.07 bits per heavy atom. The summed E-state index contributed by atoms with van der Waals surface area (Å²) in [5.74, 6) is 2.30. The van der Waals surface area contributed by atoms with Gasteiger partial charge in [0.2, 0.25) is 5.89 Å². The number of aromatic nitrogens is 1. The molecule has 1 aliphatic carbocycles. The first-order valence-electron chi connectivity index (χ1n) is 13.8. The number of fused-ring (bicyclic) bond motifs is 1. The quantitative estimate of drug-likeness (QED) is 0.362. The molecule has 0 saturated heterocycles. The second-order valence-corrected chi connectivity index (χ2v) is 12.5. The molecule has 5 rings (SSSR count). The van der Waals surface area contributed by atoms with E-state index in [2.05, 4.69) is 15.2 Å². The van der Waals surface area contributed by atoms with Gasteiger partial charge in [-0.25, -0.2) is 4.98 Å². The van der Waals surface area contributed by atoms with Crippen molar-refractivity contribution in [1.29, 1.82) is 0 Å². The number of hydrogen-bond acceptors (Lipinski definition) is 7. The number of carbonyl (C=O) groups is 1. The highest BCUT2D eigenvalue weighted by atomic mass is 35.5. The molecule has 2 heterocycles. The van der Waals surface area contributed by atoms with Gasteiger partial charge in [0.25, 0.3) is 5.91 Å². The number of carbonyl (C=O) groups excluding carboxylic acids is 1. The highest BCUT2D eigenvalue weighted by molar-refractivity contribution is 7.86. The van der Waals surface area contributed by atoms with Crippen molar-refractivity contribution in [3.8, 4) is 17.2 Å². The molecule has 0 bridgehead atoms. The predicted molar refractivity (Wildman–Crippen MR) is 158 cm³/mol. The van der Waals surface area contributed by atoms with Gasteiger partial charge in [-0.3, -0.25) is 4.79 Å². The van der Waals surface area contributed by atoms with Crippen LogP contribution in [0.5, 0.6) is 5.75 Å². The van der Waals surface area contributed by atoms with Crippen molar-refractivity contribution in [1.82, 2.24) is 15.2 Å². The molecule has 0 atom stereocenters. The summed E-state index contributed by atoms with van der Waals surface area (Å²) in [4.78, 5) is 19.7. The van der Waals surface area contributed by atoms with Gasteiger partial charge in [0.15, 0.2) is 0 Å². The normalized spacial score (nSPS) is 19.6. The fraction of sp³-hybridized carbons (Fsp3) is 0.467. The molecular weight excluding hydrogens is 550 g/mol. The van der Waals surface area contributed by atoms with Gasteiger partial charge in [0.05, 0.1) is 12.5 Å². The average molecular weight is 588 g/mol. The SMILES string of the molecule is Cc1cnc(-c2cccc(C(=O)NC3CCC(CCN4CCc5ccc(OS(C)(=O)=O)cc5CC4)CC3)c2)o1.Cl. The molecule has 1 amide bonds. The topological polar surface area (TPSA) is 102 Å². The van der Waals surface area contributed by atoms with Crippen molar-refractivity contribution in [2.75, 3.05) is 25.9 Å². The largest absolute Gasteiger partial charge is 0.441 e. The molecule has 3 aromatic rings. The smallest absolute Gasteiger partial charge is 0.306 e. The monoisotopic (exact) mass is 587 g/mol. The van der Waals surface area contributed by atoms with E-state index >= 15 is 0 Å². The maximum atomic E-state index is 12.9. The number of hydrogen-bond donors (Lipinski definition) is 1. The Morgan fingerprint density at radius 3 is 2.52 bits per heavy atom. The highest BCUT2D eigenvalue weighted by Crippen LogP contribution is 2.29. The van der Waals surface area contributed by atoms with Crippen molar-refractivity contribution in [3.05, 3.63) is 71.1 Å². The summed E-state index contributed by atoms with van der Waals surface area (Å²) < 4.78 is 33.6. The molecule has 1 fully saturated rings.